The van der Waals surface area contributed by atoms with Gasteiger partial charge >= 0.3 is 0 Å². The van der Waals surface area contributed by atoms with Crippen molar-refractivity contribution in [3.63, 3.8) is 0 Å². The number of carbonyl (C=O) groups is 1. The van der Waals surface area contributed by atoms with Crippen LogP contribution in [0.4, 0.5) is 5.13 Å². The van der Waals surface area contributed by atoms with Gasteiger partial charge in [0.25, 0.3) is 0 Å². The first kappa shape index (κ1) is 15.6. The van der Waals surface area contributed by atoms with E-state index in [1.165, 1.54) is 17.7 Å². The number of benzene rings is 1. The number of anilines is 1. The Hall–Kier alpha value is -2.94. The molecule has 0 radical (unpaired) electrons. The third kappa shape index (κ3) is 3.61. The normalized spacial score (nSPS) is 12.8. The molecular weight excluding hydrogens is 342 g/mol. The maximum atomic E-state index is 12.0. The van der Waals surface area contributed by atoms with Crippen LogP contribution in [0.15, 0.2) is 36.2 Å². The van der Waals surface area contributed by atoms with Gasteiger partial charge in [0.05, 0.1) is 12.2 Å². The Balaban J connectivity index is 1.40. The number of fused-ring (bicyclic) bond motifs is 1. The molecule has 0 unspecified atom stereocenters. The van der Waals surface area contributed by atoms with E-state index in [4.69, 9.17) is 9.47 Å². The quantitative estimate of drug-likeness (QED) is 0.753. The predicted molar refractivity (Wildman–Crippen MR) is 91.8 cm³/mol. The second kappa shape index (κ2) is 6.89. The number of ether oxygens (including phenoxy) is 2. The minimum Gasteiger partial charge on any atom is -0.486 e. The molecule has 0 saturated heterocycles. The monoisotopic (exact) mass is 357 g/mol. The minimum absolute atomic E-state index is 0.112. The van der Waals surface area contributed by atoms with Crippen molar-refractivity contribution in [1.29, 1.82) is 0 Å². The molecule has 1 aliphatic heterocycles. The summed E-state index contributed by atoms with van der Waals surface area (Å²) in [5, 5.41) is 9.24. The number of aryl methyl sites for hydroxylation is 1. The number of rotatable bonds is 5. The molecule has 25 heavy (non-hydrogen) atoms. The zero-order valence-electron chi connectivity index (χ0n) is 13.2. The smallest absolute Gasteiger partial charge is 0.228 e. The molecule has 0 fully saturated rings. The third-order valence-electron chi connectivity index (χ3n) is 3.62. The van der Waals surface area contributed by atoms with Crippen molar-refractivity contribution in [1.82, 2.24) is 19.7 Å². The molecular formula is C16H15N5O3S. The zero-order chi connectivity index (χ0) is 17.1. The standard InChI is InChI=1S/C16H15N5O3S/c22-15(3-4-21-10-17-9-18-21)20-16-19-12(8-25-16)11-1-2-13-14(7-11)24-6-5-23-13/h1-2,7-10H,3-6H2,(H,19,20,22). The van der Waals surface area contributed by atoms with E-state index in [1.807, 2.05) is 23.6 Å². The Labute approximate surface area is 147 Å². The number of aromatic nitrogens is 4. The SMILES string of the molecule is O=C(CCn1cncn1)Nc1nc(-c2ccc3c(c2)OCCO3)cs1. The summed E-state index contributed by atoms with van der Waals surface area (Å²) in [5.41, 5.74) is 1.71. The van der Waals surface area contributed by atoms with E-state index in [0.717, 1.165) is 22.8 Å². The van der Waals surface area contributed by atoms with Gasteiger partial charge in [-0.05, 0) is 18.2 Å². The summed E-state index contributed by atoms with van der Waals surface area (Å²) in [6.07, 6.45) is 3.33. The molecule has 9 heteroatoms. The number of carbonyl (C=O) groups excluding carboxylic acids is 1. The van der Waals surface area contributed by atoms with Crippen LogP contribution in [0.2, 0.25) is 0 Å². The van der Waals surface area contributed by atoms with Crippen molar-refractivity contribution in [2.75, 3.05) is 18.5 Å². The van der Waals surface area contributed by atoms with Crippen molar-refractivity contribution in [3.05, 3.63) is 36.2 Å². The Morgan fingerprint density at radius 2 is 2.16 bits per heavy atom. The number of hydrogen-bond donors (Lipinski definition) is 1. The highest BCUT2D eigenvalue weighted by Crippen LogP contribution is 2.35. The van der Waals surface area contributed by atoms with Crippen molar-refractivity contribution in [2.24, 2.45) is 0 Å². The van der Waals surface area contributed by atoms with Gasteiger partial charge in [0, 0.05) is 17.4 Å². The van der Waals surface area contributed by atoms with Gasteiger partial charge in [-0.2, -0.15) is 5.10 Å². The Kier molecular flexibility index (Phi) is 4.30. The number of nitrogens with zero attached hydrogens (tertiary/aromatic N) is 4. The average Bonchev–Trinajstić information content (AvgIpc) is 3.31. The van der Waals surface area contributed by atoms with Gasteiger partial charge < -0.3 is 14.8 Å². The lowest BCUT2D eigenvalue weighted by Crippen LogP contribution is -2.15. The molecule has 8 nitrogen and oxygen atoms in total. The first-order valence-electron chi connectivity index (χ1n) is 7.76. The fourth-order valence-electron chi connectivity index (χ4n) is 2.41. The third-order valence-corrected chi connectivity index (χ3v) is 4.38. The Bertz CT molecular complexity index is 878. The summed E-state index contributed by atoms with van der Waals surface area (Å²) in [7, 11) is 0. The lowest BCUT2D eigenvalue weighted by atomic mass is 10.1. The summed E-state index contributed by atoms with van der Waals surface area (Å²) in [4.78, 5) is 20.3. The van der Waals surface area contributed by atoms with Crippen molar-refractivity contribution < 1.29 is 14.3 Å². The van der Waals surface area contributed by atoms with Crippen molar-refractivity contribution >= 4 is 22.4 Å². The topological polar surface area (TPSA) is 91.2 Å². The molecule has 1 N–H and O–H groups in total. The van der Waals surface area contributed by atoms with E-state index >= 15 is 0 Å². The summed E-state index contributed by atoms with van der Waals surface area (Å²) < 4.78 is 12.7. The van der Waals surface area contributed by atoms with E-state index in [0.29, 0.717) is 31.3 Å². The van der Waals surface area contributed by atoms with E-state index in [1.54, 1.807) is 11.0 Å². The zero-order valence-corrected chi connectivity index (χ0v) is 14.0. The van der Waals surface area contributed by atoms with E-state index in [9.17, 15) is 4.79 Å². The van der Waals surface area contributed by atoms with Crippen LogP contribution in [0, 0.1) is 0 Å². The molecule has 0 spiro atoms. The van der Waals surface area contributed by atoms with Crippen LogP contribution in [0.5, 0.6) is 11.5 Å². The molecule has 1 aromatic carbocycles. The highest BCUT2D eigenvalue weighted by atomic mass is 32.1. The minimum atomic E-state index is -0.112. The van der Waals surface area contributed by atoms with Gasteiger partial charge in [0.15, 0.2) is 16.6 Å². The van der Waals surface area contributed by atoms with Crippen molar-refractivity contribution in [3.8, 4) is 22.8 Å². The Morgan fingerprint density at radius 3 is 3.00 bits per heavy atom. The van der Waals surface area contributed by atoms with Crippen LogP contribution < -0.4 is 14.8 Å². The van der Waals surface area contributed by atoms with Crippen LogP contribution in [-0.4, -0.2) is 38.9 Å². The molecule has 0 saturated carbocycles. The largest absolute Gasteiger partial charge is 0.486 e. The lowest BCUT2D eigenvalue weighted by molar-refractivity contribution is -0.116. The molecule has 3 aromatic rings. The first-order chi connectivity index (χ1) is 12.3. The highest BCUT2D eigenvalue weighted by Gasteiger charge is 2.14. The van der Waals surface area contributed by atoms with Crippen molar-refractivity contribution in [2.45, 2.75) is 13.0 Å². The number of nitrogens with one attached hydrogen (secondary N) is 1. The lowest BCUT2D eigenvalue weighted by Gasteiger charge is -2.18. The molecule has 0 aliphatic carbocycles. The number of hydrogen-bond acceptors (Lipinski definition) is 7. The fourth-order valence-corrected chi connectivity index (χ4v) is 3.15. The summed E-state index contributed by atoms with van der Waals surface area (Å²) in [5.74, 6) is 1.35. The second-order valence-corrected chi connectivity index (χ2v) is 6.21. The van der Waals surface area contributed by atoms with Crippen LogP contribution in [0.3, 0.4) is 0 Å². The number of thiazole rings is 1. The van der Waals surface area contributed by atoms with E-state index in [-0.39, 0.29) is 5.91 Å². The molecule has 0 atom stereocenters. The maximum absolute atomic E-state index is 12.0. The molecule has 2 aromatic heterocycles. The molecule has 3 heterocycles. The van der Waals surface area contributed by atoms with Gasteiger partial charge in [0.1, 0.15) is 25.9 Å². The van der Waals surface area contributed by atoms with Gasteiger partial charge in [-0.15, -0.1) is 11.3 Å². The molecule has 0 bridgehead atoms. The van der Waals surface area contributed by atoms with Gasteiger partial charge in [-0.3, -0.25) is 9.48 Å². The fraction of sp³-hybridized carbons (Fsp3) is 0.250. The summed E-state index contributed by atoms with van der Waals surface area (Å²) in [6.45, 7) is 1.58. The molecule has 1 amide bonds. The predicted octanol–water partition coefficient (Wildman–Crippen LogP) is 2.20. The van der Waals surface area contributed by atoms with Crippen LogP contribution >= 0.6 is 11.3 Å². The molecule has 4 rings (SSSR count). The van der Waals surface area contributed by atoms with E-state index in [2.05, 4.69) is 20.4 Å². The Morgan fingerprint density at radius 1 is 1.28 bits per heavy atom. The van der Waals surface area contributed by atoms with Gasteiger partial charge in [-0.1, -0.05) is 0 Å². The highest BCUT2D eigenvalue weighted by molar-refractivity contribution is 7.14. The second-order valence-electron chi connectivity index (χ2n) is 5.35. The molecule has 128 valence electrons. The summed E-state index contributed by atoms with van der Waals surface area (Å²) >= 11 is 1.38. The maximum Gasteiger partial charge on any atom is 0.228 e. The average molecular weight is 357 g/mol. The van der Waals surface area contributed by atoms with Gasteiger partial charge in [0.2, 0.25) is 5.91 Å². The molecule has 1 aliphatic rings. The van der Waals surface area contributed by atoms with Crippen LogP contribution in [0.25, 0.3) is 11.3 Å². The first-order valence-corrected chi connectivity index (χ1v) is 8.64. The number of amides is 1. The van der Waals surface area contributed by atoms with Crippen LogP contribution in [-0.2, 0) is 11.3 Å². The van der Waals surface area contributed by atoms with E-state index < -0.39 is 0 Å². The summed E-state index contributed by atoms with van der Waals surface area (Å²) in [6, 6.07) is 5.71. The van der Waals surface area contributed by atoms with Gasteiger partial charge in [-0.25, -0.2) is 9.97 Å². The van der Waals surface area contributed by atoms with Crippen LogP contribution in [0.1, 0.15) is 6.42 Å².